The summed E-state index contributed by atoms with van der Waals surface area (Å²) in [5.41, 5.74) is 5.98. The summed E-state index contributed by atoms with van der Waals surface area (Å²) in [7, 11) is 1.56. The number of methoxy groups -OCH3 is 1. The van der Waals surface area contributed by atoms with E-state index in [0.717, 1.165) is 16.8 Å². The molecule has 0 heterocycles. The van der Waals surface area contributed by atoms with E-state index in [1.807, 2.05) is 45.0 Å². The van der Waals surface area contributed by atoms with Gasteiger partial charge in [0.25, 0.3) is 0 Å². The molecule has 0 bridgehead atoms. The van der Waals surface area contributed by atoms with Crippen LogP contribution in [0.1, 0.15) is 36.5 Å². The zero-order chi connectivity index (χ0) is 21.2. The van der Waals surface area contributed by atoms with Gasteiger partial charge in [-0.2, -0.15) is 5.10 Å². The Morgan fingerprint density at radius 2 is 1.79 bits per heavy atom. The highest BCUT2D eigenvalue weighted by atomic mass is 16.5. The lowest BCUT2D eigenvalue weighted by molar-refractivity contribution is -0.124. The lowest BCUT2D eigenvalue weighted by atomic mass is 10.1. The molecule has 29 heavy (non-hydrogen) atoms. The Hall–Kier alpha value is -3.35. The third-order valence-corrected chi connectivity index (χ3v) is 4.37. The highest BCUT2D eigenvalue weighted by Crippen LogP contribution is 2.29. The summed E-state index contributed by atoms with van der Waals surface area (Å²) in [5, 5.41) is 6.79. The summed E-state index contributed by atoms with van der Waals surface area (Å²) in [6.45, 7) is 6.28. The van der Waals surface area contributed by atoms with Crippen LogP contribution in [0.5, 0.6) is 11.5 Å². The van der Waals surface area contributed by atoms with Gasteiger partial charge in [-0.25, -0.2) is 5.43 Å². The summed E-state index contributed by atoms with van der Waals surface area (Å²) in [6.07, 6.45) is 1.59. The zero-order valence-electron chi connectivity index (χ0n) is 17.2. The van der Waals surface area contributed by atoms with Crippen LogP contribution >= 0.6 is 0 Å². The Morgan fingerprint density at radius 3 is 2.52 bits per heavy atom. The maximum Gasteiger partial charge on any atom is 0.240 e. The number of hydrazone groups is 1. The van der Waals surface area contributed by atoms with Crippen molar-refractivity contribution in [3.8, 4) is 11.5 Å². The van der Waals surface area contributed by atoms with Crippen molar-refractivity contribution in [3.63, 3.8) is 0 Å². The van der Waals surface area contributed by atoms with Gasteiger partial charge in [0.1, 0.15) is 0 Å². The van der Waals surface area contributed by atoms with Gasteiger partial charge in [0.05, 0.1) is 19.9 Å². The first-order valence-electron chi connectivity index (χ1n) is 9.44. The van der Waals surface area contributed by atoms with Crippen molar-refractivity contribution in [1.82, 2.24) is 5.43 Å². The van der Waals surface area contributed by atoms with Gasteiger partial charge in [-0.3, -0.25) is 9.59 Å². The summed E-state index contributed by atoms with van der Waals surface area (Å²) in [4.78, 5) is 24.1. The summed E-state index contributed by atoms with van der Waals surface area (Å²) in [5.74, 6) is 0.580. The number of ether oxygens (including phenoxy) is 2. The second-order valence-corrected chi connectivity index (χ2v) is 6.40. The van der Waals surface area contributed by atoms with E-state index in [1.54, 1.807) is 19.2 Å². The van der Waals surface area contributed by atoms with Crippen LogP contribution in [0.15, 0.2) is 41.5 Å². The first-order valence-corrected chi connectivity index (χ1v) is 9.44. The van der Waals surface area contributed by atoms with E-state index < -0.39 is 0 Å². The van der Waals surface area contributed by atoms with Gasteiger partial charge >= 0.3 is 0 Å². The highest BCUT2D eigenvalue weighted by Gasteiger charge is 2.10. The number of nitrogens with one attached hydrogen (secondary N) is 2. The van der Waals surface area contributed by atoms with Crippen molar-refractivity contribution < 1.29 is 19.1 Å². The number of rotatable bonds is 9. The Labute approximate surface area is 171 Å². The van der Waals surface area contributed by atoms with E-state index in [-0.39, 0.29) is 24.7 Å². The fourth-order valence-corrected chi connectivity index (χ4v) is 2.65. The van der Waals surface area contributed by atoms with Crippen LogP contribution in [0.3, 0.4) is 0 Å². The molecule has 2 amide bonds. The molecule has 2 aromatic carbocycles. The maximum absolute atomic E-state index is 12.1. The predicted molar refractivity (Wildman–Crippen MR) is 114 cm³/mol. The Morgan fingerprint density at radius 1 is 1.07 bits per heavy atom. The maximum atomic E-state index is 12.1. The molecular formula is C22H27N3O4. The molecule has 0 aromatic heterocycles. The third-order valence-electron chi connectivity index (χ3n) is 4.37. The van der Waals surface area contributed by atoms with Crippen LogP contribution in [0.25, 0.3) is 0 Å². The third kappa shape index (κ3) is 6.34. The number of hydrogen-bond donors (Lipinski definition) is 2. The number of anilines is 1. The lowest BCUT2D eigenvalue weighted by Crippen LogP contribution is -2.21. The van der Waals surface area contributed by atoms with Crippen LogP contribution in [0.2, 0.25) is 0 Å². The molecule has 2 N–H and O–H groups in total. The van der Waals surface area contributed by atoms with E-state index in [1.165, 1.54) is 6.21 Å². The minimum absolute atomic E-state index is 0.0322. The van der Waals surface area contributed by atoms with E-state index in [0.29, 0.717) is 23.7 Å². The Kier molecular flexibility index (Phi) is 8.21. The molecule has 7 nitrogen and oxygen atoms in total. The van der Waals surface area contributed by atoms with Crippen molar-refractivity contribution in [2.24, 2.45) is 5.10 Å². The van der Waals surface area contributed by atoms with Crippen molar-refractivity contribution >= 4 is 23.7 Å². The number of para-hydroxylation sites is 1. The molecule has 154 valence electrons. The molecule has 0 saturated heterocycles. The second kappa shape index (κ2) is 10.8. The highest BCUT2D eigenvalue weighted by molar-refractivity contribution is 5.94. The van der Waals surface area contributed by atoms with Crippen LogP contribution in [0, 0.1) is 13.8 Å². The minimum Gasteiger partial charge on any atom is -0.493 e. The van der Waals surface area contributed by atoms with E-state index in [9.17, 15) is 9.59 Å². The smallest absolute Gasteiger partial charge is 0.240 e. The summed E-state index contributed by atoms with van der Waals surface area (Å²) < 4.78 is 10.9. The van der Waals surface area contributed by atoms with E-state index >= 15 is 0 Å². The van der Waals surface area contributed by atoms with Crippen molar-refractivity contribution in [2.45, 2.75) is 33.6 Å². The first-order chi connectivity index (χ1) is 14.0. The lowest BCUT2D eigenvalue weighted by Gasteiger charge is -2.11. The minimum atomic E-state index is -0.349. The SMILES string of the molecule is CCOc1c(C=NNC(=O)CCC(=O)Nc2cccc(C)c2C)cccc1OC. The van der Waals surface area contributed by atoms with Crippen LogP contribution < -0.4 is 20.2 Å². The van der Waals surface area contributed by atoms with Gasteiger partial charge in [-0.1, -0.05) is 18.2 Å². The topological polar surface area (TPSA) is 89.0 Å². The molecule has 0 aliphatic rings. The van der Waals surface area contributed by atoms with Crippen molar-refractivity contribution in [2.75, 3.05) is 19.0 Å². The molecule has 2 aromatic rings. The molecule has 7 heteroatoms. The zero-order valence-corrected chi connectivity index (χ0v) is 17.2. The average Bonchev–Trinajstić information content (AvgIpc) is 2.71. The predicted octanol–water partition coefficient (Wildman–Crippen LogP) is 3.58. The summed E-state index contributed by atoms with van der Waals surface area (Å²) >= 11 is 0. The molecular weight excluding hydrogens is 370 g/mol. The fraction of sp³-hybridized carbons (Fsp3) is 0.318. The van der Waals surface area contributed by atoms with Gasteiger partial charge in [0.2, 0.25) is 11.8 Å². The Bertz CT molecular complexity index is 894. The van der Waals surface area contributed by atoms with Crippen LogP contribution in [-0.2, 0) is 9.59 Å². The number of benzene rings is 2. The number of aryl methyl sites for hydroxylation is 1. The van der Waals surface area contributed by atoms with Gasteiger partial charge in [0.15, 0.2) is 11.5 Å². The van der Waals surface area contributed by atoms with Crippen LogP contribution in [-0.4, -0.2) is 31.7 Å². The van der Waals surface area contributed by atoms with Crippen molar-refractivity contribution in [3.05, 3.63) is 53.1 Å². The largest absolute Gasteiger partial charge is 0.493 e. The molecule has 0 radical (unpaired) electrons. The Balaban J connectivity index is 1.87. The van der Waals surface area contributed by atoms with E-state index in [4.69, 9.17) is 9.47 Å². The second-order valence-electron chi connectivity index (χ2n) is 6.40. The number of nitrogens with zero attached hydrogens (tertiary/aromatic N) is 1. The normalized spacial score (nSPS) is 10.6. The molecule has 0 aliphatic heterocycles. The molecule has 0 fully saturated rings. The average molecular weight is 397 g/mol. The molecule has 0 atom stereocenters. The summed E-state index contributed by atoms with van der Waals surface area (Å²) in [6, 6.07) is 11.1. The molecule has 0 aliphatic carbocycles. The molecule has 0 saturated carbocycles. The quantitative estimate of drug-likeness (QED) is 0.500. The van der Waals surface area contributed by atoms with Crippen LogP contribution in [0.4, 0.5) is 5.69 Å². The number of carbonyl (C=O) groups excluding carboxylic acids is 2. The van der Waals surface area contributed by atoms with Gasteiger partial charge in [-0.05, 0) is 50.1 Å². The number of hydrogen-bond acceptors (Lipinski definition) is 5. The molecule has 0 spiro atoms. The number of carbonyl (C=O) groups is 2. The molecule has 0 unspecified atom stereocenters. The number of amides is 2. The standard InChI is InChI=1S/C22H27N3O4/c1-5-29-22-17(9-7-11-19(22)28-4)14-23-25-21(27)13-12-20(26)24-18-10-6-8-15(2)16(18)3/h6-11,14H,5,12-13H2,1-4H3,(H,24,26)(H,25,27). The van der Waals surface area contributed by atoms with Gasteiger partial charge in [-0.15, -0.1) is 0 Å². The molecule has 2 rings (SSSR count). The van der Waals surface area contributed by atoms with Gasteiger partial charge in [0, 0.05) is 24.1 Å². The van der Waals surface area contributed by atoms with Crippen molar-refractivity contribution in [1.29, 1.82) is 0 Å². The van der Waals surface area contributed by atoms with Gasteiger partial charge < -0.3 is 14.8 Å². The van der Waals surface area contributed by atoms with E-state index in [2.05, 4.69) is 15.8 Å². The fourth-order valence-electron chi connectivity index (χ4n) is 2.65. The first kappa shape index (κ1) is 21.9. The monoisotopic (exact) mass is 397 g/mol.